The summed E-state index contributed by atoms with van der Waals surface area (Å²) in [5.41, 5.74) is -1.46. The molecular weight excluding hydrogens is 432 g/mol. The van der Waals surface area contributed by atoms with Gasteiger partial charge in [-0.15, -0.1) is 0 Å². The van der Waals surface area contributed by atoms with E-state index in [1.807, 2.05) is 0 Å². The maximum absolute atomic E-state index is 12.8. The van der Waals surface area contributed by atoms with Crippen LogP contribution in [0, 0.1) is 34.0 Å². The molecule has 162 valence electrons. The zero-order chi connectivity index (χ0) is 23.5. The van der Waals surface area contributed by atoms with Crippen molar-refractivity contribution in [1.29, 1.82) is 10.5 Å². The standard InChI is InChI=1S/C24H19ClN2O5/c1-31-22(29)17-19(14-6-4-3-5-7-14)24(12-26,13-27)20(15-8-10-16(25)11-9-15)18(21(17)28)23(30)32-2/h3-11,18-20,28H,1-2H3. The highest BCUT2D eigenvalue weighted by Gasteiger charge is 2.61. The van der Waals surface area contributed by atoms with Crippen LogP contribution in [0.1, 0.15) is 23.0 Å². The number of methoxy groups -OCH3 is 2. The van der Waals surface area contributed by atoms with Gasteiger partial charge in [0.2, 0.25) is 0 Å². The Kier molecular flexibility index (Phi) is 6.53. The van der Waals surface area contributed by atoms with E-state index in [-0.39, 0.29) is 5.57 Å². The maximum atomic E-state index is 12.8. The summed E-state index contributed by atoms with van der Waals surface area (Å²) in [5, 5.41) is 32.4. The average molecular weight is 451 g/mol. The smallest absolute Gasteiger partial charge is 0.337 e. The van der Waals surface area contributed by atoms with Gasteiger partial charge in [0.25, 0.3) is 0 Å². The van der Waals surface area contributed by atoms with Crippen LogP contribution in [-0.4, -0.2) is 31.3 Å². The summed E-state index contributed by atoms with van der Waals surface area (Å²) >= 11 is 6.01. The van der Waals surface area contributed by atoms with Gasteiger partial charge in [-0.2, -0.15) is 10.5 Å². The molecule has 0 aromatic heterocycles. The van der Waals surface area contributed by atoms with E-state index in [4.69, 9.17) is 21.1 Å². The quantitative estimate of drug-likeness (QED) is 0.698. The first-order chi connectivity index (χ1) is 15.4. The zero-order valence-electron chi connectivity index (χ0n) is 17.3. The van der Waals surface area contributed by atoms with Crippen molar-refractivity contribution in [3.63, 3.8) is 0 Å². The first kappa shape index (κ1) is 22.9. The van der Waals surface area contributed by atoms with Crippen LogP contribution in [0.15, 0.2) is 65.9 Å². The molecule has 7 nitrogen and oxygen atoms in total. The van der Waals surface area contributed by atoms with Crippen molar-refractivity contribution >= 4 is 23.5 Å². The number of carbonyl (C=O) groups is 2. The van der Waals surface area contributed by atoms with Gasteiger partial charge in [-0.3, -0.25) is 4.79 Å². The Morgan fingerprint density at radius 1 is 0.969 bits per heavy atom. The van der Waals surface area contributed by atoms with Crippen molar-refractivity contribution in [3.8, 4) is 12.1 Å². The lowest BCUT2D eigenvalue weighted by Crippen LogP contribution is -2.47. The van der Waals surface area contributed by atoms with E-state index in [2.05, 4.69) is 12.1 Å². The van der Waals surface area contributed by atoms with Crippen molar-refractivity contribution < 1.29 is 24.2 Å². The van der Waals surface area contributed by atoms with Crippen molar-refractivity contribution in [2.45, 2.75) is 11.8 Å². The number of rotatable bonds is 4. The third-order valence-electron chi connectivity index (χ3n) is 5.73. The Morgan fingerprint density at radius 2 is 1.56 bits per heavy atom. The Labute approximate surface area is 190 Å². The molecule has 0 saturated heterocycles. The van der Waals surface area contributed by atoms with Crippen LogP contribution in [0.5, 0.6) is 0 Å². The fraction of sp³-hybridized carbons (Fsp3) is 0.250. The zero-order valence-corrected chi connectivity index (χ0v) is 18.0. The molecule has 1 aliphatic rings. The number of benzene rings is 2. The lowest BCUT2D eigenvalue weighted by atomic mass is 9.54. The number of carbonyl (C=O) groups excluding carboxylic acids is 2. The molecule has 0 saturated carbocycles. The number of hydrogen-bond donors (Lipinski definition) is 1. The van der Waals surface area contributed by atoms with Gasteiger partial charge in [0.1, 0.15) is 11.7 Å². The summed E-state index contributed by atoms with van der Waals surface area (Å²) in [6, 6.07) is 18.8. The van der Waals surface area contributed by atoms with Crippen LogP contribution in [0.4, 0.5) is 0 Å². The molecule has 3 atom stereocenters. The van der Waals surface area contributed by atoms with Crippen molar-refractivity contribution in [2.75, 3.05) is 14.2 Å². The number of halogens is 1. The maximum Gasteiger partial charge on any atom is 0.337 e. The highest BCUT2D eigenvalue weighted by molar-refractivity contribution is 6.30. The molecule has 8 heteroatoms. The molecule has 0 radical (unpaired) electrons. The van der Waals surface area contributed by atoms with Gasteiger partial charge in [0.15, 0.2) is 5.41 Å². The number of hydrogen-bond acceptors (Lipinski definition) is 7. The number of esters is 2. The summed E-state index contributed by atoms with van der Waals surface area (Å²) in [6.45, 7) is 0. The van der Waals surface area contributed by atoms with Gasteiger partial charge in [0.05, 0.1) is 37.8 Å². The van der Waals surface area contributed by atoms with E-state index in [1.165, 1.54) is 0 Å². The second-order valence-corrected chi connectivity index (χ2v) is 7.69. The van der Waals surface area contributed by atoms with Crippen molar-refractivity contribution in [3.05, 3.63) is 82.1 Å². The lowest BCUT2D eigenvalue weighted by Gasteiger charge is -2.44. The topological polar surface area (TPSA) is 120 Å². The molecule has 0 heterocycles. The Bertz CT molecular complexity index is 1130. The summed E-state index contributed by atoms with van der Waals surface area (Å²) in [5.74, 6) is -6.30. The molecule has 32 heavy (non-hydrogen) atoms. The summed E-state index contributed by atoms with van der Waals surface area (Å²) < 4.78 is 9.76. The number of nitrogens with zero attached hydrogens (tertiary/aromatic N) is 2. The predicted molar refractivity (Wildman–Crippen MR) is 114 cm³/mol. The van der Waals surface area contributed by atoms with E-state index in [0.717, 1.165) is 14.2 Å². The SMILES string of the molecule is COC(=O)C1=C(O)C(C(=O)OC)C(c2ccc(Cl)cc2)C(C#N)(C#N)C1c1ccccc1. The van der Waals surface area contributed by atoms with Crippen LogP contribution in [0.3, 0.4) is 0 Å². The molecule has 0 amide bonds. The Morgan fingerprint density at radius 3 is 2.06 bits per heavy atom. The van der Waals surface area contributed by atoms with E-state index in [1.54, 1.807) is 54.6 Å². The lowest BCUT2D eigenvalue weighted by molar-refractivity contribution is -0.147. The third kappa shape index (κ3) is 3.57. The first-order valence-corrected chi connectivity index (χ1v) is 9.96. The van der Waals surface area contributed by atoms with Crippen LogP contribution >= 0.6 is 11.6 Å². The Balaban J connectivity index is 2.47. The molecule has 0 fully saturated rings. The normalized spacial score (nSPS) is 21.7. The number of nitriles is 2. The molecule has 3 rings (SSSR count). The molecule has 0 aliphatic heterocycles. The van der Waals surface area contributed by atoms with E-state index in [9.17, 15) is 25.2 Å². The van der Waals surface area contributed by atoms with E-state index in [0.29, 0.717) is 16.1 Å². The molecular formula is C24H19ClN2O5. The molecule has 2 aromatic carbocycles. The molecule has 0 bridgehead atoms. The van der Waals surface area contributed by atoms with Crippen LogP contribution in [0.2, 0.25) is 5.02 Å². The number of aliphatic hydroxyl groups is 1. The summed E-state index contributed by atoms with van der Waals surface area (Å²) in [7, 11) is 2.24. The van der Waals surface area contributed by atoms with E-state index < -0.39 is 40.9 Å². The predicted octanol–water partition coefficient (Wildman–Crippen LogP) is 4.03. The largest absolute Gasteiger partial charge is 0.511 e. The van der Waals surface area contributed by atoms with Gasteiger partial charge < -0.3 is 14.6 Å². The summed E-state index contributed by atoms with van der Waals surface area (Å²) in [6.07, 6.45) is 0. The van der Waals surface area contributed by atoms with Gasteiger partial charge in [-0.25, -0.2) is 4.79 Å². The van der Waals surface area contributed by atoms with Gasteiger partial charge in [0, 0.05) is 10.9 Å². The van der Waals surface area contributed by atoms with Crippen LogP contribution in [0.25, 0.3) is 0 Å². The van der Waals surface area contributed by atoms with Gasteiger partial charge in [-0.1, -0.05) is 54.1 Å². The fourth-order valence-electron chi connectivity index (χ4n) is 4.34. The highest BCUT2D eigenvalue weighted by Crippen LogP contribution is 2.58. The minimum Gasteiger partial charge on any atom is -0.511 e. The molecule has 3 unspecified atom stereocenters. The molecule has 0 spiro atoms. The van der Waals surface area contributed by atoms with Crippen molar-refractivity contribution in [2.24, 2.45) is 11.3 Å². The average Bonchev–Trinajstić information content (AvgIpc) is 2.83. The second-order valence-electron chi connectivity index (χ2n) is 7.26. The molecule has 1 aliphatic carbocycles. The monoisotopic (exact) mass is 450 g/mol. The van der Waals surface area contributed by atoms with Gasteiger partial charge in [-0.05, 0) is 23.3 Å². The molecule has 2 aromatic rings. The fourth-order valence-corrected chi connectivity index (χ4v) is 4.47. The Hall–Kier alpha value is -3.81. The summed E-state index contributed by atoms with van der Waals surface area (Å²) in [4.78, 5) is 25.6. The minimum absolute atomic E-state index is 0.331. The van der Waals surface area contributed by atoms with E-state index >= 15 is 0 Å². The minimum atomic E-state index is -1.97. The second kappa shape index (κ2) is 9.13. The van der Waals surface area contributed by atoms with Crippen LogP contribution < -0.4 is 0 Å². The third-order valence-corrected chi connectivity index (χ3v) is 5.98. The number of ether oxygens (including phenoxy) is 2. The molecule has 1 N–H and O–H groups in total. The van der Waals surface area contributed by atoms with Crippen LogP contribution in [-0.2, 0) is 19.1 Å². The van der Waals surface area contributed by atoms with Gasteiger partial charge >= 0.3 is 11.9 Å². The first-order valence-electron chi connectivity index (χ1n) is 9.58. The number of aliphatic hydroxyl groups excluding tert-OH is 1. The highest BCUT2D eigenvalue weighted by atomic mass is 35.5. The van der Waals surface area contributed by atoms with Crippen molar-refractivity contribution in [1.82, 2.24) is 0 Å².